The molecule has 0 aliphatic carbocycles. The normalized spacial score (nSPS) is 8.85. The number of hydrogen-bond donors (Lipinski definition) is 1. The second kappa shape index (κ2) is 5.04. The number of carbonyl (C=O) groups excluding carboxylic acids is 1. The van der Waals surface area contributed by atoms with Crippen LogP contribution in [0.1, 0.15) is 6.92 Å². The zero-order valence-electron chi connectivity index (χ0n) is 6.80. The Morgan fingerprint density at radius 3 is 2.62 bits per heavy atom. The van der Waals surface area contributed by atoms with Gasteiger partial charge >= 0.3 is 0 Å². The first kappa shape index (κ1) is 12.2. The number of nitrogens with one attached hydrogen (secondary N) is 1. The predicted octanol–water partition coefficient (Wildman–Crippen LogP) is 2.86. The van der Waals surface area contributed by atoms with Gasteiger partial charge < -0.3 is 5.32 Å². The molecule has 0 saturated carbocycles. The molecule has 13 heavy (non-hydrogen) atoms. The summed E-state index contributed by atoms with van der Waals surface area (Å²) < 4.78 is 12.6. The molecule has 0 heterocycles. The zero-order chi connectivity index (χ0) is 9.14. The van der Waals surface area contributed by atoms with E-state index in [1.807, 2.05) is 0 Å². The van der Waals surface area contributed by atoms with Gasteiger partial charge in [-0.2, -0.15) is 0 Å². The minimum absolute atomic E-state index is 0. The smallest absolute Gasteiger partial charge is 0.221 e. The second-order valence-electron chi connectivity index (χ2n) is 2.31. The van der Waals surface area contributed by atoms with Crippen LogP contribution >= 0.6 is 24.0 Å². The summed E-state index contributed by atoms with van der Waals surface area (Å²) >= 11 is 5.47. The first-order valence-corrected chi connectivity index (χ1v) is 3.70. The SMILES string of the molecule is CC(=O)Nc1ccc(F)c(Cl)c1.Cl. The molecule has 1 N–H and O–H groups in total. The van der Waals surface area contributed by atoms with E-state index in [0.29, 0.717) is 5.69 Å². The molecule has 5 heteroatoms. The van der Waals surface area contributed by atoms with Crippen molar-refractivity contribution in [1.82, 2.24) is 0 Å². The molecule has 0 aliphatic heterocycles. The molecule has 0 fully saturated rings. The van der Waals surface area contributed by atoms with E-state index in [4.69, 9.17) is 11.6 Å². The fraction of sp³-hybridized carbons (Fsp3) is 0.125. The summed E-state index contributed by atoms with van der Waals surface area (Å²) in [5.41, 5.74) is 0.494. The van der Waals surface area contributed by atoms with Crippen LogP contribution < -0.4 is 5.32 Å². The van der Waals surface area contributed by atoms with E-state index in [1.165, 1.54) is 25.1 Å². The van der Waals surface area contributed by atoms with Crippen LogP contribution in [0.4, 0.5) is 10.1 Å². The van der Waals surface area contributed by atoms with Gasteiger partial charge in [-0.1, -0.05) is 11.6 Å². The van der Waals surface area contributed by atoms with E-state index in [2.05, 4.69) is 5.32 Å². The lowest BCUT2D eigenvalue weighted by atomic mass is 10.3. The molecule has 1 amide bonds. The van der Waals surface area contributed by atoms with Gasteiger partial charge in [0, 0.05) is 12.6 Å². The maximum atomic E-state index is 12.6. The largest absolute Gasteiger partial charge is 0.326 e. The van der Waals surface area contributed by atoms with Gasteiger partial charge in [0.1, 0.15) is 5.82 Å². The summed E-state index contributed by atoms with van der Waals surface area (Å²) in [5, 5.41) is 2.48. The number of amides is 1. The van der Waals surface area contributed by atoms with Crippen molar-refractivity contribution in [1.29, 1.82) is 0 Å². The molecular weight excluding hydrogens is 216 g/mol. The van der Waals surface area contributed by atoms with Crippen LogP contribution in [-0.4, -0.2) is 5.91 Å². The van der Waals surface area contributed by atoms with Crippen LogP contribution in [-0.2, 0) is 4.79 Å². The number of anilines is 1. The molecule has 0 saturated heterocycles. The average molecular weight is 224 g/mol. The van der Waals surface area contributed by atoms with Gasteiger partial charge in [-0.25, -0.2) is 4.39 Å². The Kier molecular flexibility index (Phi) is 4.73. The minimum Gasteiger partial charge on any atom is -0.326 e. The van der Waals surface area contributed by atoms with Gasteiger partial charge in [0.25, 0.3) is 0 Å². The number of benzene rings is 1. The lowest BCUT2D eigenvalue weighted by Gasteiger charge is -2.01. The van der Waals surface area contributed by atoms with Crippen LogP contribution in [0.25, 0.3) is 0 Å². The van der Waals surface area contributed by atoms with E-state index >= 15 is 0 Å². The summed E-state index contributed by atoms with van der Waals surface area (Å²) in [7, 11) is 0. The number of rotatable bonds is 1. The molecule has 2 nitrogen and oxygen atoms in total. The van der Waals surface area contributed by atoms with Crippen LogP contribution in [0.2, 0.25) is 5.02 Å². The van der Waals surface area contributed by atoms with E-state index in [-0.39, 0.29) is 23.3 Å². The molecular formula is C8H8Cl2FNO. The van der Waals surface area contributed by atoms with Crippen molar-refractivity contribution in [3.63, 3.8) is 0 Å². The lowest BCUT2D eigenvalue weighted by Crippen LogP contribution is -2.05. The van der Waals surface area contributed by atoms with Gasteiger partial charge in [-0.05, 0) is 18.2 Å². The predicted molar refractivity (Wildman–Crippen MR) is 53.0 cm³/mol. The maximum Gasteiger partial charge on any atom is 0.221 e. The minimum atomic E-state index is -0.495. The first-order chi connectivity index (χ1) is 5.59. The molecule has 0 spiro atoms. The third-order valence-corrected chi connectivity index (χ3v) is 1.53. The third kappa shape index (κ3) is 3.61. The van der Waals surface area contributed by atoms with E-state index < -0.39 is 5.82 Å². The highest BCUT2D eigenvalue weighted by atomic mass is 35.5. The summed E-state index contributed by atoms with van der Waals surface area (Å²) in [5.74, 6) is -0.705. The summed E-state index contributed by atoms with van der Waals surface area (Å²) in [6, 6.07) is 4.01. The quantitative estimate of drug-likeness (QED) is 0.780. The molecule has 0 radical (unpaired) electrons. The van der Waals surface area contributed by atoms with Crippen LogP contribution in [0.3, 0.4) is 0 Å². The molecule has 0 atom stereocenters. The fourth-order valence-electron chi connectivity index (χ4n) is 0.777. The Hall–Kier alpha value is -0.800. The second-order valence-corrected chi connectivity index (χ2v) is 2.72. The number of hydrogen-bond acceptors (Lipinski definition) is 1. The third-order valence-electron chi connectivity index (χ3n) is 1.24. The Balaban J connectivity index is 0.00000144. The van der Waals surface area contributed by atoms with Crippen molar-refractivity contribution < 1.29 is 9.18 Å². The molecule has 1 aromatic rings. The Labute approximate surface area is 86.5 Å². The van der Waals surface area contributed by atoms with Crippen molar-refractivity contribution in [2.45, 2.75) is 6.92 Å². The Bertz CT molecular complexity index is 317. The molecule has 0 unspecified atom stereocenters. The van der Waals surface area contributed by atoms with Crippen molar-refractivity contribution >= 4 is 35.6 Å². The lowest BCUT2D eigenvalue weighted by molar-refractivity contribution is -0.114. The topological polar surface area (TPSA) is 29.1 Å². The fourth-order valence-corrected chi connectivity index (χ4v) is 0.958. The van der Waals surface area contributed by atoms with Crippen molar-refractivity contribution in [2.75, 3.05) is 5.32 Å². The van der Waals surface area contributed by atoms with Crippen molar-refractivity contribution in [2.24, 2.45) is 0 Å². The maximum absolute atomic E-state index is 12.6. The zero-order valence-corrected chi connectivity index (χ0v) is 8.38. The van der Waals surface area contributed by atoms with Gasteiger partial charge in [0.2, 0.25) is 5.91 Å². The van der Waals surface area contributed by atoms with Crippen LogP contribution in [0.15, 0.2) is 18.2 Å². The molecule has 0 bridgehead atoms. The van der Waals surface area contributed by atoms with Gasteiger partial charge in [0.05, 0.1) is 5.02 Å². The number of halogens is 3. The first-order valence-electron chi connectivity index (χ1n) is 3.32. The Morgan fingerprint density at radius 1 is 1.54 bits per heavy atom. The van der Waals surface area contributed by atoms with Gasteiger partial charge in [-0.15, -0.1) is 12.4 Å². The van der Waals surface area contributed by atoms with E-state index in [1.54, 1.807) is 0 Å². The highest BCUT2D eigenvalue weighted by molar-refractivity contribution is 6.31. The summed E-state index contributed by atoms with van der Waals surface area (Å²) in [4.78, 5) is 10.6. The standard InChI is InChI=1S/C8H7ClFNO.ClH/c1-5(12)11-6-2-3-8(10)7(9)4-6;/h2-4H,1H3,(H,11,12);1H. The Morgan fingerprint density at radius 2 is 2.15 bits per heavy atom. The van der Waals surface area contributed by atoms with Crippen molar-refractivity contribution in [3.8, 4) is 0 Å². The molecule has 0 aromatic heterocycles. The van der Waals surface area contributed by atoms with E-state index in [9.17, 15) is 9.18 Å². The molecule has 0 aliphatic rings. The monoisotopic (exact) mass is 223 g/mol. The van der Waals surface area contributed by atoms with E-state index in [0.717, 1.165) is 0 Å². The molecule has 1 rings (SSSR count). The van der Waals surface area contributed by atoms with Gasteiger partial charge in [0.15, 0.2) is 0 Å². The van der Waals surface area contributed by atoms with Gasteiger partial charge in [-0.3, -0.25) is 4.79 Å². The molecule has 72 valence electrons. The van der Waals surface area contributed by atoms with Crippen molar-refractivity contribution in [3.05, 3.63) is 29.0 Å². The average Bonchev–Trinajstić information content (AvgIpc) is 1.96. The highest BCUT2D eigenvalue weighted by Gasteiger charge is 2.00. The summed E-state index contributed by atoms with van der Waals surface area (Å²) in [6.45, 7) is 1.37. The number of carbonyl (C=O) groups is 1. The van der Waals surface area contributed by atoms with Crippen LogP contribution in [0.5, 0.6) is 0 Å². The molecule has 1 aromatic carbocycles. The van der Waals surface area contributed by atoms with Crippen LogP contribution in [0, 0.1) is 5.82 Å². The summed E-state index contributed by atoms with van der Waals surface area (Å²) in [6.07, 6.45) is 0. The highest BCUT2D eigenvalue weighted by Crippen LogP contribution is 2.18.